The predicted octanol–water partition coefficient (Wildman–Crippen LogP) is 12.7. The Morgan fingerprint density at radius 2 is 0.623 bits per heavy atom. The first kappa shape index (κ1) is 29.3. The van der Waals surface area contributed by atoms with Crippen molar-refractivity contribution < 1.29 is 0 Å². The van der Waals surface area contributed by atoms with Crippen LogP contribution in [0.15, 0.2) is 182 Å². The molecule has 0 aromatic heterocycles. The van der Waals surface area contributed by atoms with Crippen LogP contribution in [0, 0.1) is 0 Å². The standard InChI is InChI=1S/C53H36/c1-51(2)41-22-8-3-16-35(41)40-31-30-33(32-49(40)51)34-21-15-29-48-50(34)53(44-25-11-6-19-38(44)39-20-7-12-26-45(39)53)47-28-14-13-27-46(47)52(48)42-23-9-4-17-36(42)37-18-5-10-24-43(37)52/h3-32H,1-2H3. The SMILES string of the molecule is CC1(C)c2ccccc2-c2ccc(-c3cccc4c3C3(c5ccccc5-c5ccccc53)c3ccccc3C43c4ccccc4-c4ccccc43)cc21. The summed E-state index contributed by atoms with van der Waals surface area (Å²) in [4.78, 5) is 0. The molecule has 0 saturated carbocycles. The first-order chi connectivity index (χ1) is 26.1. The van der Waals surface area contributed by atoms with E-state index in [-0.39, 0.29) is 5.41 Å². The van der Waals surface area contributed by atoms with E-state index in [2.05, 4.69) is 196 Å². The van der Waals surface area contributed by atoms with E-state index in [1.165, 1.54) is 100 Å². The van der Waals surface area contributed by atoms with E-state index in [1.807, 2.05) is 0 Å². The normalized spacial score (nSPS) is 16.2. The lowest BCUT2D eigenvalue weighted by Crippen LogP contribution is -2.44. The molecule has 8 aromatic carbocycles. The summed E-state index contributed by atoms with van der Waals surface area (Å²) in [5.74, 6) is 0. The van der Waals surface area contributed by atoms with Gasteiger partial charge in [0, 0.05) is 5.41 Å². The fraction of sp³-hybridized carbons (Fsp3) is 0.0943. The lowest BCUT2D eigenvalue weighted by Gasteiger charge is -2.49. The first-order valence-electron chi connectivity index (χ1n) is 18.9. The molecule has 2 spiro atoms. The first-order valence-corrected chi connectivity index (χ1v) is 18.9. The van der Waals surface area contributed by atoms with Crippen LogP contribution in [-0.2, 0) is 16.2 Å². The summed E-state index contributed by atoms with van der Waals surface area (Å²) >= 11 is 0. The van der Waals surface area contributed by atoms with Gasteiger partial charge in [0.15, 0.2) is 0 Å². The number of hydrogen-bond donors (Lipinski definition) is 0. The number of fused-ring (bicyclic) bond motifs is 19. The Hall–Kier alpha value is -6.24. The summed E-state index contributed by atoms with van der Waals surface area (Å²) < 4.78 is 0. The molecule has 4 aliphatic carbocycles. The molecule has 0 bridgehead atoms. The highest BCUT2D eigenvalue weighted by Gasteiger charge is 2.59. The minimum absolute atomic E-state index is 0.0990. The van der Waals surface area contributed by atoms with Gasteiger partial charge in [0.25, 0.3) is 0 Å². The Balaban J connectivity index is 1.28. The van der Waals surface area contributed by atoms with Crippen LogP contribution in [0.2, 0.25) is 0 Å². The average Bonchev–Trinajstić information content (AvgIpc) is 3.77. The second-order valence-electron chi connectivity index (χ2n) is 15.9. The molecule has 0 saturated heterocycles. The summed E-state index contributed by atoms with van der Waals surface area (Å²) in [6.07, 6.45) is 0. The van der Waals surface area contributed by atoms with Gasteiger partial charge in [-0.3, -0.25) is 0 Å². The van der Waals surface area contributed by atoms with E-state index >= 15 is 0 Å². The fourth-order valence-corrected chi connectivity index (χ4v) is 11.4. The molecule has 0 N–H and O–H groups in total. The molecule has 53 heavy (non-hydrogen) atoms. The second kappa shape index (κ2) is 10.00. The van der Waals surface area contributed by atoms with Crippen molar-refractivity contribution in [2.24, 2.45) is 0 Å². The van der Waals surface area contributed by atoms with Crippen LogP contribution in [0.3, 0.4) is 0 Å². The molecule has 12 rings (SSSR count). The van der Waals surface area contributed by atoms with Gasteiger partial charge in [-0.1, -0.05) is 190 Å². The van der Waals surface area contributed by atoms with E-state index in [1.54, 1.807) is 0 Å². The maximum atomic E-state index is 2.52. The monoisotopic (exact) mass is 672 g/mol. The average molecular weight is 673 g/mol. The minimum atomic E-state index is -0.523. The molecular weight excluding hydrogens is 637 g/mol. The van der Waals surface area contributed by atoms with Crippen molar-refractivity contribution in [3.63, 3.8) is 0 Å². The summed E-state index contributed by atoms with van der Waals surface area (Å²) in [5, 5.41) is 0. The number of benzene rings is 8. The van der Waals surface area contributed by atoms with Crippen molar-refractivity contribution in [3.05, 3.63) is 238 Å². The van der Waals surface area contributed by atoms with Crippen molar-refractivity contribution >= 4 is 0 Å². The van der Waals surface area contributed by atoms with E-state index in [9.17, 15) is 0 Å². The van der Waals surface area contributed by atoms with Gasteiger partial charge in [0.1, 0.15) is 0 Å². The lowest BCUT2D eigenvalue weighted by molar-refractivity contribution is 0.634. The van der Waals surface area contributed by atoms with Crippen molar-refractivity contribution in [1.29, 1.82) is 0 Å². The quantitative estimate of drug-likeness (QED) is 0.163. The third-order valence-corrected chi connectivity index (χ3v) is 13.4. The molecule has 0 unspecified atom stereocenters. The van der Waals surface area contributed by atoms with Crippen molar-refractivity contribution in [2.45, 2.75) is 30.1 Å². The lowest BCUT2D eigenvalue weighted by atomic mass is 9.51. The van der Waals surface area contributed by atoms with Crippen molar-refractivity contribution in [1.82, 2.24) is 0 Å². The number of rotatable bonds is 1. The largest absolute Gasteiger partial charge is 0.0725 e. The van der Waals surface area contributed by atoms with Gasteiger partial charge in [-0.05, 0) is 106 Å². The Labute approximate surface area is 311 Å². The Morgan fingerprint density at radius 1 is 0.264 bits per heavy atom. The van der Waals surface area contributed by atoms with Gasteiger partial charge in [0.05, 0.1) is 10.8 Å². The molecular formula is C53H36. The van der Waals surface area contributed by atoms with Gasteiger partial charge in [0.2, 0.25) is 0 Å². The minimum Gasteiger partial charge on any atom is -0.0619 e. The third kappa shape index (κ3) is 3.31. The molecule has 0 atom stereocenters. The van der Waals surface area contributed by atoms with Gasteiger partial charge in [-0.15, -0.1) is 0 Å². The molecule has 0 amide bonds. The molecule has 0 heterocycles. The van der Waals surface area contributed by atoms with Gasteiger partial charge in [-0.25, -0.2) is 0 Å². The summed E-state index contributed by atoms with van der Waals surface area (Å²) in [6.45, 7) is 4.79. The van der Waals surface area contributed by atoms with Crippen LogP contribution < -0.4 is 0 Å². The topological polar surface area (TPSA) is 0 Å². The van der Waals surface area contributed by atoms with Crippen LogP contribution in [0.5, 0.6) is 0 Å². The zero-order valence-corrected chi connectivity index (χ0v) is 29.8. The van der Waals surface area contributed by atoms with Crippen molar-refractivity contribution in [3.8, 4) is 44.5 Å². The van der Waals surface area contributed by atoms with E-state index in [0.29, 0.717) is 0 Å². The maximum absolute atomic E-state index is 2.52. The highest BCUT2D eigenvalue weighted by molar-refractivity contribution is 5.96. The molecule has 248 valence electrons. The summed E-state index contributed by atoms with van der Waals surface area (Å²) in [5.41, 5.74) is 23.3. The molecule has 8 aromatic rings. The highest BCUT2D eigenvalue weighted by atomic mass is 14.6. The highest BCUT2D eigenvalue weighted by Crippen LogP contribution is 2.68. The molecule has 0 radical (unpaired) electrons. The van der Waals surface area contributed by atoms with E-state index in [0.717, 1.165) is 0 Å². The smallest absolute Gasteiger partial charge is 0.0619 e. The third-order valence-electron chi connectivity index (χ3n) is 13.4. The summed E-state index contributed by atoms with van der Waals surface area (Å²) in [6, 6.07) is 69.7. The maximum Gasteiger partial charge on any atom is 0.0725 e. The van der Waals surface area contributed by atoms with Crippen LogP contribution in [0.1, 0.15) is 69.5 Å². The molecule has 0 nitrogen and oxygen atoms in total. The Morgan fingerprint density at radius 3 is 1.15 bits per heavy atom. The van der Waals surface area contributed by atoms with Crippen LogP contribution in [0.25, 0.3) is 44.5 Å². The van der Waals surface area contributed by atoms with Gasteiger partial charge >= 0.3 is 0 Å². The van der Waals surface area contributed by atoms with Crippen LogP contribution >= 0.6 is 0 Å². The van der Waals surface area contributed by atoms with Crippen molar-refractivity contribution in [2.75, 3.05) is 0 Å². The predicted molar refractivity (Wildman–Crippen MR) is 218 cm³/mol. The fourth-order valence-electron chi connectivity index (χ4n) is 11.4. The van der Waals surface area contributed by atoms with Crippen LogP contribution in [-0.4, -0.2) is 0 Å². The zero-order chi connectivity index (χ0) is 35.1. The second-order valence-corrected chi connectivity index (χ2v) is 15.9. The summed E-state index contributed by atoms with van der Waals surface area (Å²) in [7, 11) is 0. The molecule has 0 heteroatoms. The zero-order valence-electron chi connectivity index (χ0n) is 29.8. The Kier molecular flexibility index (Phi) is 5.54. The molecule has 0 fully saturated rings. The molecule has 0 aliphatic heterocycles. The Bertz CT molecular complexity index is 2790. The van der Waals surface area contributed by atoms with E-state index in [4.69, 9.17) is 0 Å². The number of hydrogen-bond acceptors (Lipinski definition) is 0. The van der Waals surface area contributed by atoms with E-state index < -0.39 is 10.8 Å². The van der Waals surface area contributed by atoms with Crippen LogP contribution in [0.4, 0.5) is 0 Å². The van der Waals surface area contributed by atoms with Gasteiger partial charge < -0.3 is 0 Å². The molecule has 4 aliphatic rings. The van der Waals surface area contributed by atoms with Gasteiger partial charge in [-0.2, -0.15) is 0 Å².